The van der Waals surface area contributed by atoms with Crippen LogP contribution in [0.2, 0.25) is 0 Å². The summed E-state index contributed by atoms with van der Waals surface area (Å²) in [6, 6.07) is 0. The molecule has 0 heterocycles. The molecule has 288 valence electrons. The zero-order valence-corrected chi connectivity index (χ0v) is 37.0. The summed E-state index contributed by atoms with van der Waals surface area (Å²) in [7, 11) is 0. The molecule has 49 heavy (non-hydrogen) atoms. The average Bonchev–Trinajstić information content (AvgIpc) is 3.10. The van der Waals surface area contributed by atoms with E-state index in [1.165, 1.54) is 51.4 Å². The smallest absolute Gasteiger partial charge is 0.162 e. The van der Waals surface area contributed by atoms with Crippen LogP contribution in [0.25, 0.3) is 0 Å². The topological polar surface area (TPSA) is 36.9 Å². The maximum atomic E-state index is 6.51. The van der Waals surface area contributed by atoms with Crippen molar-refractivity contribution < 1.29 is 18.9 Å². The molecule has 4 nitrogen and oxygen atoms in total. The lowest BCUT2D eigenvalue weighted by atomic mass is 9.89. The lowest BCUT2D eigenvalue weighted by Crippen LogP contribution is -2.45. The molecular formula is C41H76O4S4. The van der Waals surface area contributed by atoms with Gasteiger partial charge in [0.05, 0.1) is 0 Å². The standard InChI is InChI=1S/C41H76O4S4/c1-13-17-21-29(5)33(9)37(46)42-25-41(26-43-38(47)34(10)30(6)22-18-14-2,27-44-39(48)35(11)31(7)23-19-15-3)28-45-40(49)36(12)32(8)24-20-16-4/h29-36H,13-28H2,1-12H3. The summed E-state index contributed by atoms with van der Waals surface area (Å²) < 4.78 is 26.0. The molecule has 0 rings (SSSR count). The highest BCUT2D eigenvalue weighted by Gasteiger charge is 2.39. The Morgan fingerprint density at radius 3 is 0.735 bits per heavy atom. The van der Waals surface area contributed by atoms with Crippen LogP contribution in [0.1, 0.15) is 160 Å². The van der Waals surface area contributed by atoms with E-state index in [9.17, 15) is 0 Å². The Labute approximate surface area is 325 Å². The lowest BCUT2D eigenvalue weighted by molar-refractivity contribution is -0.0210. The molecule has 0 aliphatic carbocycles. The normalized spacial score (nSPS) is 17.7. The Morgan fingerprint density at radius 1 is 0.388 bits per heavy atom. The van der Waals surface area contributed by atoms with Gasteiger partial charge in [0, 0.05) is 23.7 Å². The second-order valence-electron chi connectivity index (χ2n) is 15.6. The van der Waals surface area contributed by atoms with E-state index in [2.05, 4.69) is 83.1 Å². The monoisotopic (exact) mass is 760 g/mol. The number of ether oxygens (including phenoxy) is 4. The predicted molar refractivity (Wildman–Crippen MR) is 228 cm³/mol. The van der Waals surface area contributed by atoms with Crippen LogP contribution in [-0.2, 0) is 18.9 Å². The van der Waals surface area contributed by atoms with Crippen molar-refractivity contribution in [3.05, 3.63) is 0 Å². The first-order valence-electron chi connectivity index (χ1n) is 19.8. The molecule has 0 spiro atoms. The summed E-state index contributed by atoms with van der Waals surface area (Å²) in [6.07, 6.45) is 13.9. The van der Waals surface area contributed by atoms with Crippen LogP contribution >= 0.6 is 48.9 Å². The third-order valence-electron chi connectivity index (χ3n) is 11.0. The van der Waals surface area contributed by atoms with Crippen molar-refractivity contribution in [2.24, 2.45) is 52.8 Å². The van der Waals surface area contributed by atoms with Gasteiger partial charge in [-0.3, -0.25) is 0 Å². The minimum Gasteiger partial charge on any atom is -0.486 e. The summed E-state index contributed by atoms with van der Waals surface area (Å²) in [5, 5.41) is 2.46. The van der Waals surface area contributed by atoms with E-state index in [4.69, 9.17) is 67.8 Å². The van der Waals surface area contributed by atoms with Gasteiger partial charge in [0.2, 0.25) is 0 Å². The maximum absolute atomic E-state index is 6.51. The van der Waals surface area contributed by atoms with Crippen LogP contribution in [0.15, 0.2) is 0 Å². The zero-order chi connectivity index (χ0) is 37.6. The molecular weight excluding hydrogens is 685 g/mol. The van der Waals surface area contributed by atoms with E-state index >= 15 is 0 Å². The first-order chi connectivity index (χ1) is 23.1. The quantitative estimate of drug-likeness (QED) is 0.0730. The van der Waals surface area contributed by atoms with Crippen LogP contribution < -0.4 is 0 Å². The molecule has 8 unspecified atom stereocenters. The van der Waals surface area contributed by atoms with Gasteiger partial charge >= 0.3 is 0 Å². The number of rotatable bonds is 28. The molecule has 0 radical (unpaired) electrons. The second-order valence-corrected chi connectivity index (χ2v) is 17.2. The third-order valence-corrected chi connectivity index (χ3v) is 13.0. The van der Waals surface area contributed by atoms with E-state index in [-0.39, 0.29) is 50.1 Å². The first kappa shape index (κ1) is 48.6. The van der Waals surface area contributed by atoms with E-state index in [1.807, 2.05) is 0 Å². The van der Waals surface area contributed by atoms with Crippen molar-refractivity contribution in [2.75, 3.05) is 26.4 Å². The number of hydrogen-bond acceptors (Lipinski definition) is 8. The SMILES string of the molecule is CCCCC(C)C(C)C(=S)OCC(COC(=S)C(C)C(C)CCCC)(COC(=S)C(C)C(C)CCCC)COC(=S)C(C)C(C)CCCC. The Bertz CT molecular complexity index is 791. The van der Waals surface area contributed by atoms with Crippen molar-refractivity contribution in [3.63, 3.8) is 0 Å². The Morgan fingerprint density at radius 2 is 0.571 bits per heavy atom. The average molecular weight is 761 g/mol. The number of unbranched alkanes of at least 4 members (excludes halogenated alkanes) is 4. The Hall–Kier alpha value is -0.440. The molecule has 0 amide bonds. The molecule has 0 aliphatic heterocycles. The molecule has 0 aromatic rings. The Balaban J connectivity index is 6.38. The van der Waals surface area contributed by atoms with E-state index in [1.54, 1.807) is 0 Å². The number of hydrogen-bond donors (Lipinski definition) is 0. The molecule has 8 heteroatoms. The van der Waals surface area contributed by atoms with Crippen LogP contribution in [0.4, 0.5) is 0 Å². The fourth-order valence-electron chi connectivity index (χ4n) is 5.71. The number of thiocarbonyl (C=S) groups is 4. The maximum Gasteiger partial charge on any atom is 0.162 e. The van der Waals surface area contributed by atoms with Gasteiger partial charge < -0.3 is 18.9 Å². The summed E-state index contributed by atoms with van der Waals surface area (Å²) in [5.41, 5.74) is -0.736. The van der Waals surface area contributed by atoms with Crippen molar-refractivity contribution in [2.45, 2.75) is 160 Å². The van der Waals surface area contributed by atoms with E-state index in [0.717, 1.165) is 25.7 Å². The van der Waals surface area contributed by atoms with Crippen LogP contribution in [0, 0.1) is 52.8 Å². The van der Waals surface area contributed by atoms with Gasteiger partial charge in [-0.15, -0.1) is 0 Å². The van der Waals surface area contributed by atoms with Crippen molar-refractivity contribution in [1.82, 2.24) is 0 Å². The van der Waals surface area contributed by atoms with Gasteiger partial charge in [-0.1, -0.05) is 160 Å². The molecule has 0 bridgehead atoms. The molecule has 0 aliphatic rings. The van der Waals surface area contributed by atoms with Gasteiger partial charge in [-0.25, -0.2) is 0 Å². The first-order valence-corrected chi connectivity index (χ1v) is 21.4. The lowest BCUT2D eigenvalue weighted by Gasteiger charge is -2.36. The molecule has 0 saturated heterocycles. The molecule has 0 fully saturated rings. The van der Waals surface area contributed by atoms with Gasteiger partial charge in [0.15, 0.2) is 20.2 Å². The molecule has 0 saturated carbocycles. The van der Waals surface area contributed by atoms with Gasteiger partial charge in [0.25, 0.3) is 0 Å². The molecule has 8 atom stereocenters. The van der Waals surface area contributed by atoms with Crippen LogP contribution in [0.5, 0.6) is 0 Å². The predicted octanol–water partition coefficient (Wildman–Crippen LogP) is 13.2. The fourth-order valence-corrected chi connectivity index (χ4v) is 6.87. The summed E-state index contributed by atoms with van der Waals surface area (Å²) in [6.45, 7) is 27.7. The highest BCUT2D eigenvalue weighted by molar-refractivity contribution is 7.80. The summed E-state index contributed by atoms with van der Waals surface area (Å²) >= 11 is 23.6. The van der Waals surface area contributed by atoms with E-state index < -0.39 is 5.41 Å². The molecule has 0 N–H and O–H groups in total. The van der Waals surface area contributed by atoms with E-state index in [0.29, 0.717) is 43.9 Å². The van der Waals surface area contributed by atoms with Gasteiger partial charge in [-0.05, 0) is 72.5 Å². The largest absolute Gasteiger partial charge is 0.486 e. The highest BCUT2D eigenvalue weighted by Crippen LogP contribution is 2.30. The minimum absolute atomic E-state index is 0.142. The van der Waals surface area contributed by atoms with Gasteiger partial charge in [0.1, 0.15) is 31.8 Å². The van der Waals surface area contributed by atoms with Crippen molar-refractivity contribution in [1.29, 1.82) is 0 Å². The van der Waals surface area contributed by atoms with Gasteiger partial charge in [-0.2, -0.15) is 0 Å². The van der Waals surface area contributed by atoms with Crippen LogP contribution in [0.3, 0.4) is 0 Å². The zero-order valence-electron chi connectivity index (χ0n) is 33.7. The Kier molecular flexibility index (Phi) is 27.0. The second kappa shape index (κ2) is 27.2. The fraction of sp³-hybridized carbons (Fsp3) is 0.902. The molecule has 0 aromatic heterocycles. The summed E-state index contributed by atoms with van der Waals surface area (Å²) in [4.78, 5) is 0. The van der Waals surface area contributed by atoms with Crippen molar-refractivity contribution >= 4 is 69.1 Å². The minimum atomic E-state index is -0.736. The third kappa shape index (κ3) is 19.3. The molecule has 0 aromatic carbocycles. The summed E-state index contributed by atoms with van der Waals surface area (Å²) in [5.74, 6) is 2.29. The van der Waals surface area contributed by atoms with Crippen molar-refractivity contribution in [3.8, 4) is 0 Å². The van der Waals surface area contributed by atoms with Crippen LogP contribution in [-0.4, -0.2) is 46.6 Å². The highest BCUT2D eigenvalue weighted by atomic mass is 32.1.